The second-order valence-corrected chi connectivity index (χ2v) is 7.48. The molecule has 0 saturated carbocycles. The van der Waals surface area contributed by atoms with Crippen LogP contribution in [0.25, 0.3) is 10.3 Å². The Kier molecular flexibility index (Phi) is 2.69. The summed E-state index contributed by atoms with van der Waals surface area (Å²) in [5, 5.41) is 4.41. The fraction of sp³-hybridized carbons (Fsp3) is 0.500. The van der Waals surface area contributed by atoms with Gasteiger partial charge in [-0.3, -0.25) is 10.2 Å². The first-order valence-electron chi connectivity index (χ1n) is 7.36. The van der Waals surface area contributed by atoms with Crippen molar-refractivity contribution in [1.82, 2.24) is 14.9 Å². The molecule has 0 amide bonds. The average Bonchev–Trinajstić information content (AvgIpc) is 3.23. The third kappa shape index (κ3) is 1.92. The number of fused-ring (bicyclic) bond motifs is 4. The Bertz CT molecular complexity index is 793. The predicted octanol–water partition coefficient (Wildman–Crippen LogP) is 2.22. The van der Waals surface area contributed by atoms with E-state index in [0.717, 1.165) is 35.1 Å². The number of ether oxygens (including phenoxy) is 1. The molecule has 2 aromatic rings. The molecule has 2 saturated heterocycles. The van der Waals surface area contributed by atoms with Crippen molar-refractivity contribution in [3.05, 3.63) is 17.3 Å². The molecule has 8 heteroatoms. The Morgan fingerprint density at radius 1 is 1.41 bits per heavy atom. The van der Waals surface area contributed by atoms with E-state index in [9.17, 15) is 0 Å². The lowest BCUT2D eigenvalue weighted by molar-refractivity contribution is 0.0364. The molecule has 5 rings (SSSR count). The Morgan fingerprint density at radius 2 is 2.36 bits per heavy atom. The first kappa shape index (κ1) is 13.0. The van der Waals surface area contributed by atoms with Crippen LogP contribution in [0.2, 0.25) is 5.15 Å². The van der Waals surface area contributed by atoms with Crippen LogP contribution in [-0.2, 0) is 4.74 Å². The lowest BCUT2D eigenvalue weighted by Crippen LogP contribution is -2.46. The van der Waals surface area contributed by atoms with Gasteiger partial charge < -0.3 is 4.74 Å². The molecule has 3 aliphatic heterocycles. The van der Waals surface area contributed by atoms with E-state index in [2.05, 4.69) is 25.2 Å². The zero-order chi connectivity index (χ0) is 14.7. The molecular formula is C14H14ClN5OS. The second-order valence-electron chi connectivity index (χ2n) is 6.11. The van der Waals surface area contributed by atoms with Crippen molar-refractivity contribution in [2.45, 2.75) is 12.0 Å². The van der Waals surface area contributed by atoms with Crippen LogP contribution < -0.4 is 5.32 Å². The molecule has 0 aliphatic carbocycles. The number of rotatable bonds is 1. The minimum atomic E-state index is -0.112. The molecule has 2 bridgehead atoms. The van der Waals surface area contributed by atoms with Gasteiger partial charge in [-0.05, 0) is 25.1 Å². The molecule has 1 spiro atoms. The van der Waals surface area contributed by atoms with Crippen LogP contribution in [0.5, 0.6) is 0 Å². The van der Waals surface area contributed by atoms with Gasteiger partial charge in [0.25, 0.3) is 6.02 Å². The minimum Gasteiger partial charge on any atom is -0.455 e. The van der Waals surface area contributed by atoms with Gasteiger partial charge in [-0.2, -0.15) is 0 Å². The molecular weight excluding hydrogens is 322 g/mol. The third-order valence-electron chi connectivity index (χ3n) is 4.73. The van der Waals surface area contributed by atoms with Crippen LogP contribution in [0.4, 0.5) is 5.13 Å². The first-order valence-corrected chi connectivity index (χ1v) is 8.56. The molecule has 0 aromatic carbocycles. The van der Waals surface area contributed by atoms with Gasteiger partial charge in [0, 0.05) is 19.0 Å². The standard InChI is InChI=1S/C14H14ClN5OS/c15-10-2-1-9-11(18-10)22-13(17-9)19-12-16-6-14(21-12)7-20-4-3-8(14)5-20/h1-2,8H,3-7H2,(H,16,17,19). The van der Waals surface area contributed by atoms with E-state index in [1.54, 1.807) is 6.07 Å². The van der Waals surface area contributed by atoms with E-state index in [1.165, 1.54) is 24.3 Å². The van der Waals surface area contributed by atoms with Crippen LogP contribution in [0.1, 0.15) is 6.42 Å². The van der Waals surface area contributed by atoms with Gasteiger partial charge in [-0.25, -0.2) is 15.0 Å². The number of piperidine rings is 1. The average molecular weight is 336 g/mol. The summed E-state index contributed by atoms with van der Waals surface area (Å²) in [4.78, 5) is 16.6. The molecule has 3 unspecified atom stereocenters. The number of pyridine rings is 1. The van der Waals surface area contributed by atoms with Gasteiger partial charge in [0.1, 0.15) is 21.1 Å². The molecule has 1 N–H and O–H groups in total. The number of anilines is 1. The van der Waals surface area contributed by atoms with Crippen molar-refractivity contribution in [1.29, 1.82) is 0 Å². The molecule has 6 nitrogen and oxygen atoms in total. The van der Waals surface area contributed by atoms with Gasteiger partial charge >= 0.3 is 0 Å². The largest absolute Gasteiger partial charge is 0.455 e. The van der Waals surface area contributed by atoms with Crippen LogP contribution in [0.3, 0.4) is 0 Å². The van der Waals surface area contributed by atoms with E-state index in [0.29, 0.717) is 17.1 Å². The predicted molar refractivity (Wildman–Crippen MR) is 86.7 cm³/mol. The summed E-state index contributed by atoms with van der Waals surface area (Å²) in [5.41, 5.74) is 0.718. The van der Waals surface area contributed by atoms with Crippen LogP contribution in [0.15, 0.2) is 17.1 Å². The number of aliphatic imine (C=N–C) groups is 1. The topological polar surface area (TPSA) is 62.6 Å². The molecule has 3 atom stereocenters. The van der Waals surface area contributed by atoms with E-state index in [-0.39, 0.29) is 5.60 Å². The maximum absolute atomic E-state index is 6.18. The molecule has 0 radical (unpaired) electrons. The Morgan fingerprint density at radius 3 is 3.18 bits per heavy atom. The normalized spacial score (nSPS) is 32.7. The number of amidine groups is 1. The maximum atomic E-state index is 6.18. The molecule has 2 fully saturated rings. The Balaban J connectivity index is 1.35. The fourth-order valence-corrected chi connectivity index (χ4v) is 4.70. The summed E-state index contributed by atoms with van der Waals surface area (Å²) in [6, 6.07) is 4.20. The monoisotopic (exact) mass is 335 g/mol. The quantitative estimate of drug-likeness (QED) is 0.810. The van der Waals surface area contributed by atoms with Crippen molar-refractivity contribution in [3.63, 3.8) is 0 Å². The molecule has 5 heterocycles. The highest BCUT2D eigenvalue weighted by Gasteiger charge is 2.54. The van der Waals surface area contributed by atoms with Gasteiger partial charge in [0.05, 0.1) is 6.54 Å². The number of aromatic nitrogens is 2. The van der Waals surface area contributed by atoms with Gasteiger partial charge in [-0.1, -0.05) is 22.9 Å². The van der Waals surface area contributed by atoms with Crippen molar-refractivity contribution in [2.24, 2.45) is 10.9 Å². The summed E-state index contributed by atoms with van der Waals surface area (Å²) in [5.74, 6) is 0.603. The number of hydrogen-bond acceptors (Lipinski definition) is 7. The first-order chi connectivity index (χ1) is 10.7. The SMILES string of the molecule is Clc1ccc2nc(NC3=NCC4(CN5CCC4C5)O3)sc2n1. The Hall–Kier alpha value is -1.44. The molecule has 22 heavy (non-hydrogen) atoms. The molecule has 3 aliphatic rings. The number of halogens is 1. The van der Waals surface area contributed by atoms with Crippen LogP contribution in [0, 0.1) is 5.92 Å². The van der Waals surface area contributed by atoms with E-state index in [4.69, 9.17) is 16.3 Å². The number of nitrogens with one attached hydrogen (secondary N) is 1. The number of nitrogens with zero attached hydrogens (tertiary/aromatic N) is 4. The highest BCUT2D eigenvalue weighted by Crippen LogP contribution is 2.41. The van der Waals surface area contributed by atoms with E-state index < -0.39 is 0 Å². The van der Waals surface area contributed by atoms with Crippen LogP contribution >= 0.6 is 22.9 Å². The summed E-state index contributed by atoms with van der Waals surface area (Å²) in [6.45, 7) is 4.07. The number of thiazole rings is 1. The van der Waals surface area contributed by atoms with Gasteiger partial charge in [0.15, 0.2) is 5.13 Å². The van der Waals surface area contributed by atoms with Crippen molar-refractivity contribution >= 4 is 44.4 Å². The number of hydrogen-bond donors (Lipinski definition) is 1. The summed E-state index contributed by atoms with van der Waals surface area (Å²) in [7, 11) is 0. The van der Waals surface area contributed by atoms with Crippen LogP contribution in [-0.4, -0.2) is 52.7 Å². The van der Waals surface area contributed by atoms with Crippen molar-refractivity contribution < 1.29 is 4.74 Å². The van der Waals surface area contributed by atoms with Gasteiger partial charge in [0.2, 0.25) is 0 Å². The lowest BCUT2D eigenvalue weighted by atomic mass is 9.88. The Labute approximate surface area is 136 Å². The van der Waals surface area contributed by atoms with E-state index in [1.807, 2.05) is 6.07 Å². The zero-order valence-electron chi connectivity index (χ0n) is 11.8. The zero-order valence-corrected chi connectivity index (χ0v) is 13.3. The summed E-state index contributed by atoms with van der Waals surface area (Å²) >= 11 is 7.37. The van der Waals surface area contributed by atoms with Gasteiger partial charge in [-0.15, -0.1) is 0 Å². The maximum Gasteiger partial charge on any atom is 0.291 e. The van der Waals surface area contributed by atoms with Crippen molar-refractivity contribution in [3.8, 4) is 0 Å². The summed E-state index contributed by atoms with van der Waals surface area (Å²) in [6.07, 6.45) is 1.21. The minimum absolute atomic E-state index is 0.112. The molecule has 2 aromatic heterocycles. The fourth-order valence-electron chi connectivity index (χ4n) is 3.68. The highest BCUT2D eigenvalue weighted by atomic mass is 35.5. The van der Waals surface area contributed by atoms with Crippen molar-refractivity contribution in [2.75, 3.05) is 31.5 Å². The smallest absolute Gasteiger partial charge is 0.291 e. The highest BCUT2D eigenvalue weighted by molar-refractivity contribution is 7.22. The second kappa shape index (κ2) is 4.53. The lowest BCUT2D eigenvalue weighted by Gasteiger charge is -2.31. The molecule has 114 valence electrons. The summed E-state index contributed by atoms with van der Waals surface area (Å²) < 4.78 is 6.18. The van der Waals surface area contributed by atoms with E-state index >= 15 is 0 Å². The third-order valence-corrected chi connectivity index (χ3v) is 5.82.